The molecule has 2 atom stereocenters. The van der Waals surface area contributed by atoms with Gasteiger partial charge in [0.05, 0.1) is 18.2 Å². The van der Waals surface area contributed by atoms with Crippen molar-refractivity contribution < 1.29 is 4.74 Å². The topological polar surface area (TPSA) is 36.3 Å². The second-order valence-corrected chi connectivity index (χ2v) is 7.18. The quantitative estimate of drug-likeness (QED) is 0.805. The second kappa shape index (κ2) is 5.99. The fourth-order valence-corrected chi connectivity index (χ4v) is 4.12. The monoisotopic (exact) mass is 368 g/mol. The van der Waals surface area contributed by atoms with Crippen LogP contribution in [-0.4, -0.2) is 24.6 Å². The summed E-state index contributed by atoms with van der Waals surface area (Å²) >= 11 is 3.64. The van der Waals surface area contributed by atoms with Crippen LogP contribution in [0.5, 0.6) is 5.75 Å². The summed E-state index contributed by atoms with van der Waals surface area (Å²) in [5, 5.41) is 9.15. The van der Waals surface area contributed by atoms with Gasteiger partial charge in [-0.3, -0.25) is 4.90 Å². The van der Waals surface area contributed by atoms with Crippen molar-refractivity contribution in [3.63, 3.8) is 0 Å². The molecule has 1 saturated heterocycles. The van der Waals surface area contributed by atoms with Crippen LogP contribution >= 0.6 is 15.9 Å². The van der Waals surface area contributed by atoms with Crippen molar-refractivity contribution >= 4 is 15.9 Å². The first-order valence-corrected chi connectivity index (χ1v) is 8.66. The molecule has 2 aromatic carbocycles. The molecule has 4 heteroatoms. The molecule has 23 heavy (non-hydrogen) atoms. The van der Waals surface area contributed by atoms with E-state index in [4.69, 9.17) is 10.00 Å². The first kappa shape index (κ1) is 14.7. The molecule has 0 aromatic heterocycles. The van der Waals surface area contributed by atoms with Crippen LogP contribution in [0.15, 0.2) is 46.9 Å². The van der Waals surface area contributed by atoms with Crippen LogP contribution in [0, 0.1) is 17.2 Å². The Morgan fingerprint density at radius 3 is 2.91 bits per heavy atom. The molecule has 2 aliphatic heterocycles. The predicted octanol–water partition coefficient (Wildman–Crippen LogP) is 3.93. The lowest BCUT2D eigenvalue weighted by atomic mass is 9.86. The molecule has 0 unspecified atom stereocenters. The van der Waals surface area contributed by atoms with Crippen LogP contribution in [0.4, 0.5) is 0 Å². The number of nitrogens with zero attached hydrogens (tertiary/aromatic N) is 2. The summed E-state index contributed by atoms with van der Waals surface area (Å²) < 4.78 is 7.08. The van der Waals surface area contributed by atoms with Crippen molar-refractivity contribution in [1.29, 1.82) is 5.26 Å². The van der Waals surface area contributed by atoms with Crippen molar-refractivity contribution in [2.45, 2.75) is 12.5 Å². The van der Waals surface area contributed by atoms with Crippen LogP contribution in [0.25, 0.3) is 0 Å². The van der Waals surface area contributed by atoms with Crippen molar-refractivity contribution in [3.05, 3.63) is 63.6 Å². The van der Waals surface area contributed by atoms with E-state index < -0.39 is 0 Å². The maximum absolute atomic E-state index is 9.15. The Balaban J connectivity index is 1.57. The fourth-order valence-electron chi connectivity index (χ4n) is 3.71. The zero-order chi connectivity index (χ0) is 15.8. The van der Waals surface area contributed by atoms with Crippen molar-refractivity contribution in [3.8, 4) is 11.8 Å². The maximum atomic E-state index is 9.15. The number of fused-ring (bicyclic) bond motifs is 3. The molecule has 2 heterocycles. The summed E-state index contributed by atoms with van der Waals surface area (Å²) in [7, 11) is 0. The Bertz CT molecular complexity index is 783. The lowest BCUT2D eigenvalue weighted by molar-refractivity contribution is 0.212. The van der Waals surface area contributed by atoms with E-state index in [-0.39, 0.29) is 0 Å². The van der Waals surface area contributed by atoms with Gasteiger partial charge < -0.3 is 4.74 Å². The fraction of sp³-hybridized carbons (Fsp3) is 0.316. The molecular formula is C19H17BrN2O. The molecule has 0 radical (unpaired) electrons. The lowest BCUT2D eigenvalue weighted by Gasteiger charge is -2.27. The predicted molar refractivity (Wildman–Crippen MR) is 92.3 cm³/mol. The van der Waals surface area contributed by atoms with Gasteiger partial charge in [-0.05, 0) is 29.8 Å². The molecular weight excluding hydrogens is 352 g/mol. The van der Waals surface area contributed by atoms with Crippen molar-refractivity contribution in [2.24, 2.45) is 5.92 Å². The standard InChI is InChI=1S/C19H17BrN2O/c20-18-4-2-1-3-14(18)9-22-10-15-12-23-19-6-5-13(8-21)7-16(19)17(15)11-22/h1-7,15,17H,9-12H2/t15-,17+/m0/s1. The number of ether oxygens (including phenoxy) is 1. The van der Waals surface area contributed by atoms with Crippen LogP contribution < -0.4 is 4.74 Å². The lowest BCUT2D eigenvalue weighted by Crippen LogP contribution is -2.25. The third-order valence-electron chi connectivity index (χ3n) is 4.86. The zero-order valence-electron chi connectivity index (χ0n) is 12.7. The number of nitriles is 1. The van der Waals surface area contributed by atoms with Crippen LogP contribution in [0.1, 0.15) is 22.6 Å². The van der Waals surface area contributed by atoms with Crippen LogP contribution in [-0.2, 0) is 6.54 Å². The first-order chi connectivity index (χ1) is 11.2. The minimum Gasteiger partial charge on any atom is -0.493 e. The van der Waals surface area contributed by atoms with Gasteiger partial charge in [0.25, 0.3) is 0 Å². The molecule has 0 amide bonds. The largest absolute Gasteiger partial charge is 0.493 e. The van der Waals surface area contributed by atoms with Crippen LogP contribution in [0.2, 0.25) is 0 Å². The van der Waals surface area contributed by atoms with Gasteiger partial charge in [-0.2, -0.15) is 5.26 Å². The average molecular weight is 369 g/mol. The van der Waals surface area contributed by atoms with E-state index in [2.05, 4.69) is 45.1 Å². The molecule has 0 saturated carbocycles. The third-order valence-corrected chi connectivity index (χ3v) is 5.63. The van der Waals surface area contributed by atoms with Gasteiger partial charge in [-0.25, -0.2) is 0 Å². The van der Waals surface area contributed by atoms with E-state index in [9.17, 15) is 0 Å². The molecule has 0 bridgehead atoms. The number of hydrogen-bond donors (Lipinski definition) is 0. The number of rotatable bonds is 2. The van der Waals surface area contributed by atoms with E-state index >= 15 is 0 Å². The third kappa shape index (κ3) is 2.75. The Morgan fingerprint density at radius 1 is 1.22 bits per heavy atom. The zero-order valence-corrected chi connectivity index (χ0v) is 14.3. The average Bonchev–Trinajstić information content (AvgIpc) is 2.99. The minimum absolute atomic E-state index is 0.467. The second-order valence-electron chi connectivity index (χ2n) is 6.33. The Kier molecular flexibility index (Phi) is 3.84. The normalized spacial score (nSPS) is 22.8. The highest BCUT2D eigenvalue weighted by Crippen LogP contribution is 2.42. The summed E-state index contributed by atoms with van der Waals surface area (Å²) in [5.74, 6) is 1.93. The van der Waals surface area contributed by atoms with E-state index in [0.717, 1.165) is 37.6 Å². The summed E-state index contributed by atoms with van der Waals surface area (Å²) in [6, 6.07) is 16.4. The van der Waals surface area contributed by atoms with Gasteiger partial charge in [0, 0.05) is 41.5 Å². The molecule has 0 N–H and O–H groups in total. The Morgan fingerprint density at radius 2 is 2.09 bits per heavy atom. The smallest absolute Gasteiger partial charge is 0.122 e. The molecule has 2 aliphatic rings. The van der Waals surface area contributed by atoms with Gasteiger partial charge in [0.2, 0.25) is 0 Å². The molecule has 1 fully saturated rings. The first-order valence-electron chi connectivity index (χ1n) is 7.87. The van der Waals surface area contributed by atoms with E-state index in [1.807, 2.05) is 24.3 Å². The summed E-state index contributed by atoms with van der Waals surface area (Å²) in [5.41, 5.74) is 3.24. The van der Waals surface area contributed by atoms with Gasteiger partial charge in [0.15, 0.2) is 0 Å². The number of benzene rings is 2. The molecule has 3 nitrogen and oxygen atoms in total. The molecule has 4 rings (SSSR count). The van der Waals surface area contributed by atoms with E-state index in [0.29, 0.717) is 11.8 Å². The molecule has 0 spiro atoms. The molecule has 116 valence electrons. The Labute approximate surface area is 144 Å². The van der Waals surface area contributed by atoms with Gasteiger partial charge >= 0.3 is 0 Å². The van der Waals surface area contributed by atoms with Crippen LogP contribution in [0.3, 0.4) is 0 Å². The van der Waals surface area contributed by atoms with E-state index in [1.54, 1.807) is 0 Å². The SMILES string of the molecule is N#Cc1ccc2c(c1)[C@@H]1CN(Cc3ccccc3Br)C[C@H]1CO2. The van der Waals surface area contributed by atoms with Gasteiger partial charge in [-0.1, -0.05) is 34.1 Å². The van der Waals surface area contributed by atoms with Crippen molar-refractivity contribution in [1.82, 2.24) is 4.90 Å². The van der Waals surface area contributed by atoms with Gasteiger partial charge in [0.1, 0.15) is 5.75 Å². The molecule has 0 aliphatic carbocycles. The summed E-state index contributed by atoms with van der Waals surface area (Å²) in [6.45, 7) is 3.79. The maximum Gasteiger partial charge on any atom is 0.122 e. The molecule has 2 aromatic rings. The highest BCUT2D eigenvalue weighted by molar-refractivity contribution is 9.10. The number of likely N-dealkylation sites (tertiary alicyclic amines) is 1. The minimum atomic E-state index is 0.467. The Hall–Kier alpha value is -1.83. The number of hydrogen-bond acceptors (Lipinski definition) is 3. The highest BCUT2D eigenvalue weighted by atomic mass is 79.9. The highest BCUT2D eigenvalue weighted by Gasteiger charge is 2.38. The van der Waals surface area contributed by atoms with Crippen molar-refractivity contribution in [2.75, 3.05) is 19.7 Å². The summed E-state index contributed by atoms with van der Waals surface area (Å²) in [6.07, 6.45) is 0. The van der Waals surface area contributed by atoms with Gasteiger partial charge in [-0.15, -0.1) is 0 Å². The number of halogens is 1. The van der Waals surface area contributed by atoms with E-state index in [1.165, 1.54) is 15.6 Å². The summed E-state index contributed by atoms with van der Waals surface area (Å²) in [4.78, 5) is 2.49.